The van der Waals surface area contributed by atoms with Gasteiger partial charge in [0.05, 0.1) is 6.61 Å². The summed E-state index contributed by atoms with van der Waals surface area (Å²) in [6, 6.07) is 8.67. The molecule has 4 nitrogen and oxygen atoms in total. The Labute approximate surface area is 133 Å². The smallest absolute Gasteiger partial charge is 0.125 e. The van der Waals surface area contributed by atoms with Crippen molar-refractivity contribution in [2.45, 2.75) is 31.8 Å². The van der Waals surface area contributed by atoms with E-state index in [4.69, 9.17) is 4.74 Å². The second-order valence-corrected chi connectivity index (χ2v) is 6.22. The molecule has 3 rings (SSSR count). The Morgan fingerprint density at radius 3 is 3.24 bits per heavy atom. The van der Waals surface area contributed by atoms with Crippen LogP contribution in [0.15, 0.2) is 41.1 Å². The molecule has 1 unspecified atom stereocenters. The lowest BCUT2D eigenvalue weighted by Gasteiger charge is -2.18. The largest absolute Gasteiger partial charge is 0.493 e. The van der Waals surface area contributed by atoms with Gasteiger partial charge in [0.2, 0.25) is 0 Å². The first-order valence-electron chi connectivity index (χ1n) is 7.46. The maximum absolute atomic E-state index is 5.84. The summed E-state index contributed by atoms with van der Waals surface area (Å²) in [7, 11) is 0. The van der Waals surface area contributed by atoms with Crippen molar-refractivity contribution < 1.29 is 4.74 Å². The van der Waals surface area contributed by atoms with Gasteiger partial charge in [-0.05, 0) is 44.0 Å². The molecular formula is C16H20BrN3O. The number of nitrogens with one attached hydrogen (secondary N) is 1. The Morgan fingerprint density at radius 1 is 1.43 bits per heavy atom. The van der Waals surface area contributed by atoms with E-state index < -0.39 is 0 Å². The second-order valence-electron chi connectivity index (χ2n) is 5.30. The molecule has 0 saturated carbocycles. The van der Waals surface area contributed by atoms with Gasteiger partial charge in [-0.25, -0.2) is 0 Å². The van der Waals surface area contributed by atoms with Crippen molar-refractivity contribution >= 4 is 15.9 Å². The standard InChI is InChI=1S/C16H20BrN3O/c17-13-5-6-14-15(4-1-11-21-16(14)12-13)18-7-2-9-20-10-3-8-19-20/h3,5-6,8,10,12,15,18H,1-2,4,7,9,11H2. The molecule has 0 radical (unpaired) electrons. The molecule has 2 aromatic rings. The van der Waals surface area contributed by atoms with Crippen molar-refractivity contribution in [2.75, 3.05) is 13.2 Å². The third-order valence-electron chi connectivity index (χ3n) is 3.76. The highest BCUT2D eigenvalue weighted by molar-refractivity contribution is 9.10. The molecule has 1 atom stereocenters. The quantitative estimate of drug-likeness (QED) is 0.839. The fourth-order valence-corrected chi connectivity index (χ4v) is 3.05. The number of aryl methyl sites for hydroxylation is 1. The van der Waals surface area contributed by atoms with Crippen molar-refractivity contribution in [3.63, 3.8) is 0 Å². The number of benzene rings is 1. The van der Waals surface area contributed by atoms with Crippen LogP contribution in [0.4, 0.5) is 0 Å². The van der Waals surface area contributed by atoms with Gasteiger partial charge in [0.25, 0.3) is 0 Å². The van der Waals surface area contributed by atoms with Gasteiger partial charge >= 0.3 is 0 Å². The topological polar surface area (TPSA) is 39.1 Å². The first-order valence-corrected chi connectivity index (χ1v) is 8.25. The van der Waals surface area contributed by atoms with Crippen LogP contribution in [0.25, 0.3) is 0 Å². The molecular weight excluding hydrogens is 330 g/mol. The Hall–Kier alpha value is -1.33. The van der Waals surface area contributed by atoms with Gasteiger partial charge in [0.15, 0.2) is 0 Å². The van der Waals surface area contributed by atoms with Crippen molar-refractivity contribution in [1.82, 2.24) is 15.1 Å². The van der Waals surface area contributed by atoms with Crippen LogP contribution in [0.1, 0.15) is 30.9 Å². The summed E-state index contributed by atoms with van der Waals surface area (Å²) in [5.74, 6) is 1.01. The van der Waals surface area contributed by atoms with E-state index in [-0.39, 0.29) is 0 Å². The van der Waals surface area contributed by atoms with Crippen molar-refractivity contribution in [3.8, 4) is 5.75 Å². The van der Waals surface area contributed by atoms with E-state index in [9.17, 15) is 0 Å². The molecule has 112 valence electrons. The lowest BCUT2D eigenvalue weighted by Crippen LogP contribution is -2.23. The highest BCUT2D eigenvalue weighted by Gasteiger charge is 2.19. The Kier molecular flexibility index (Phi) is 4.93. The van der Waals surface area contributed by atoms with Crippen LogP contribution in [0, 0.1) is 0 Å². The van der Waals surface area contributed by atoms with Crippen LogP contribution in [0.2, 0.25) is 0 Å². The summed E-state index contributed by atoms with van der Waals surface area (Å²) in [4.78, 5) is 0. The number of nitrogens with zero attached hydrogens (tertiary/aromatic N) is 2. The van der Waals surface area contributed by atoms with Crippen molar-refractivity contribution in [2.24, 2.45) is 0 Å². The first kappa shape index (κ1) is 14.6. The Balaban J connectivity index is 1.57. The summed E-state index contributed by atoms with van der Waals surface area (Å²) in [5.41, 5.74) is 1.27. The molecule has 0 saturated heterocycles. The molecule has 0 spiro atoms. The fourth-order valence-electron chi connectivity index (χ4n) is 2.71. The molecule has 0 fully saturated rings. The van der Waals surface area contributed by atoms with E-state index in [1.165, 1.54) is 5.56 Å². The maximum atomic E-state index is 5.84. The second kappa shape index (κ2) is 7.09. The van der Waals surface area contributed by atoms with E-state index in [2.05, 4.69) is 44.5 Å². The van der Waals surface area contributed by atoms with Gasteiger partial charge in [-0.3, -0.25) is 4.68 Å². The summed E-state index contributed by atoms with van der Waals surface area (Å²) < 4.78 is 8.89. The predicted octanol–water partition coefficient (Wildman–Crippen LogP) is 3.54. The zero-order valence-electron chi connectivity index (χ0n) is 12.0. The summed E-state index contributed by atoms with van der Waals surface area (Å²) >= 11 is 3.51. The van der Waals surface area contributed by atoms with Crippen LogP contribution in [0.5, 0.6) is 5.75 Å². The van der Waals surface area contributed by atoms with Gasteiger partial charge in [-0.1, -0.05) is 22.0 Å². The molecule has 0 amide bonds. The van der Waals surface area contributed by atoms with Crippen LogP contribution >= 0.6 is 15.9 Å². The zero-order valence-corrected chi connectivity index (χ0v) is 13.6. The summed E-state index contributed by atoms with van der Waals surface area (Å²) in [6.07, 6.45) is 7.11. The Bertz CT molecular complexity index is 571. The summed E-state index contributed by atoms with van der Waals surface area (Å²) in [5, 5.41) is 7.89. The van der Waals surface area contributed by atoms with E-state index in [1.807, 2.05) is 23.1 Å². The predicted molar refractivity (Wildman–Crippen MR) is 86.5 cm³/mol. The molecule has 21 heavy (non-hydrogen) atoms. The third-order valence-corrected chi connectivity index (χ3v) is 4.25. The maximum Gasteiger partial charge on any atom is 0.125 e. The highest BCUT2D eigenvalue weighted by Crippen LogP contribution is 2.33. The molecule has 0 bridgehead atoms. The lowest BCUT2D eigenvalue weighted by atomic mass is 10.0. The van der Waals surface area contributed by atoms with Crippen molar-refractivity contribution in [1.29, 1.82) is 0 Å². The van der Waals surface area contributed by atoms with Crippen LogP contribution < -0.4 is 10.1 Å². The van der Waals surface area contributed by atoms with Gasteiger partial charge < -0.3 is 10.1 Å². The molecule has 1 aliphatic rings. The number of rotatable bonds is 5. The minimum atomic E-state index is 0.383. The third kappa shape index (κ3) is 3.86. The highest BCUT2D eigenvalue weighted by atomic mass is 79.9. The monoisotopic (exact) mass is 349 g/mol. The minimum absolute atomic E-state index is 0.383. The number of fused-ring (bicyclic) bond motifs is 1. The van der Waals surface area contributed by atoms with Gasteiger partial charge in [0.1, 0.15) is 5.75 Å². The van der Waals surface area contributed by atoms with E-state index >= 15 is 0 Å². The molecule has 1 aliphatic heterocycles. The van der Waals surface area contributed by atoms with Crippen LogP contribution in [-0.4, -0.2) is 22.9 Å². The number of hydrogen-bond donors (Lipinski definition) is 1. The molecule has 1 N–H and O–H groups in total. The van der Waals surface area contributed by atoms with Crippen LogP contribution in [-0.2, 0) is 6.54 Å². The van der Waals surface area contributed by atoms with Gasteiger partial charge in [-0.2, -0.15) is 5.10 Å². The molecule has 2 heterocycles. The number of hydrogen-bond acceptors (Lipinski definition) is 3. The lowest BCUT2D eigenvalue weighted by molar-refractivity contribution is 0.315. The average molecular weight is 350 g/mol. The van der Waals surface area contributed by atoms with Crippen LogP contribution in [0.3, 0.4) is 0 Å². The fraction of sp³-hybridized carbons (Fsp3) is 0.438. The normalized spacial score (nSPS) is 17.9. The number of halogens is 1. The molecule has 0 aliphatic carbocycles. The van der Waals surface area contributed by atoms with Gasteiger partial charge in [0, 0.05) is 35.0 Å². The van der Waals surface area contributed by atoms with E-state index in [0.717, 1.165) is 49.2 Å². The van der Waals surface area contributed by atoms with E-state index in [0.29, 0.717) is 6.04 Å². The first-order chi connectivity index (χ1) is 10.3. The molecule has 1 aromatic carbocycles. The van der Waals surface area contributed by atoms with Crippen molar-refractivity contribution in [3.05, 3.63) is 46.7 Å². The van der Waals surface area contributed by atoms with E-state index in [1.54, 1.807) is 0 Å². The zero-order chi connectivity index (χ0) is 14.5. The number of ether oxygens (including phenoxy) is 1. The summed E-state index contributed by atoms with van der Waals surface area (Å²) in [6.45, 7) is 2.74. The average Bonchev–Trinajstić information content (AvgIpc) is 2.92. The Morgan fingerprint density at radius 2 is 2.38 bits per heavy atom. The molecule has 1 aromatic heterocycles. The molecule has 5 heteroatoms. The SMILES string of the molecule is Brc1ccc2c(c1)OCCCC2NCCCn1cccn1. The minimum Gasteiger partial charge on any atom is -0.493 e. The van der Waals surface area contributed by atoms with Gasteiger partial charge in [-0.15, -0.1) is 0 Å². The number of aromatic nitrogens is 2.